The molecule has 3 nitrogen and oxygen atoms in total. The highest BCUT2D eigenvalue weighted by molar-refractivity contribution is 7.18. The third-order valence-corrected chi connectivity index (χ3v) is 4.33. The average molecular weight is 298 g/mol. The van der Waals surface area contributed by atoms with Crippen LogP contribution in [0, 0.1) is 0 Å². The van der Waals surface area contributed by atoms with Gasteiger partial charge >= 0.3 is 0 Å². The lowest BCUT2D eigenvalue weighted by molar-refractivity contribution is 0.292. The van der Waals surface area contributed by atoms with Crippen LogP contribution in [0.15, 0.2) is 48.5 Å². The van der Waals surface area contributed by atoms with Crippen molar-refractivity contribution in [2.24, 2.45) is 0 Å². The van der Waals surface area contributed by atoms with Gasteiger partial charge in [-0.05, 0) is 23.3 Å². The van der Waals surface area contributed by atoms with Crippen molar-refractivity contribution < 1.29 is 5.11 Å². The zero-order valence-electron chi connectivity index (χ0n) is 11.7. The summed E-state index contributed by atoms with van der Waals surface area (Å²) in [6.07, 6.45) is 0.887. The molecule has 0 bridgehead atoms. The molecule has 0 spiro atoms. The summed E-state index contributed by atoms with van der Waals surface area (Å²) >= 11 is 1.76. The van der Waals surface area contributed by atoms with Crippen molar-refractivity contribution in [2.45, 2.75) is 13.0 Å². The molecule has 1 heterocycles. The van der Waals surface area contributed by atoms with E-state index in [1.165, 1.54) is 15.8 Å². The lowest BCUT2D eigenvalue weighted by atomic mass is 10.2. The number of thiazole rings is 1. The maximum absolute atomic E-state index is 8.79. The molecule has 0 atom stereocenters. The number of hydrogen-bond acceptors (Lipinski definition) is 4. The maximum atomic E-state index is 8.79. The van der Waals surface area contributed by atoms with Crippen molar-refractivity contribution >= 4 is 21.6 Å². The summed E-state index contributed by atoms with van der Waals surface area (Å²) in [4.78, 5) is 4.70. The van der Waals surface area contributed by atoms with Gasteiger partial charge < -0.3 is 10.4 Å². The normalized spacial score (nSPS) is 11.1. The molecule has 0 saturated carbocycles. The predicted molar refractivity (Wildman–Crippen MR) is 87.7 cm³/mol. The van der Waals surface area contributed by atoms with Gasteiger partial charge in [-0.3, -0.25) is 0 Å². The number of benzene rings is 2. The lowest BCUT2D eigenvalue weighted by Gasteiger charge is -2.02. The van der Waals surface area contributed by atoms with Gasteiger partial charge in [0.1, 0.15) is 0 Å². The van der Waals surface area contributed by atoms with Crippen molar-refractivity contribution in [3.63, 3.8) is 0 Å². The van der Waals surface area contributed by atoms with Gasteiger partial charge in [0.15, 0.2) is 0 Å². The van der Waals surface area contributed by atoms with Crippen molar-refractivity contribution in [1.82, 2.24) is 10.3 Å². The fraction of sp³-hybridized carbons (Fsp3) is 0.235. The van der Waals surface area contributed by atoms with Crippen LogP contribution in [0.4, 0.5) is 0 Å². The van der Waals surface area contributed by atoms with Gasteiger partial charge in [-0.15, -0.1) is 11.3 Å². The molecular formula is C17H18N2OS. The number of hydrogen-bond donors (Lipinski definition) is 2. The van der Waals surface area contributed by atoms with E-state index in [1.807, 2.05) is 6.07 Å². The second kappa shape index (κ2) is 6.80. The zero-order valence-corrected chi connectivity index (χ0v) is 12.6. The van der Waals surface area contributed by atoms with Crippen LogP contribution in [-0.4, -0.2) is 23.2 Å². The first-order valence-corrected chi connectivity index (χ1v) is 7.90. The molecule has 1 aromatic heterocycles. The molecule has 3 rings (SSSR count). The van der Waals surface area contributed by atoms with Crippen molar-refractivity contribution in [3.05, 3.63) is 64.7 Å². The van der Waals surface area contributed by atoms with Crippen LogP contribution in [0.25, 0.3) is 10.2 Å². The minimum atomic E-state index is 0.171. The van der Waals surface area contributed by atoms with E-state index >= 15 is 0 Å². The highest BCUT2D eigenvalue weighted by Crippen LogP contribution is 2.25. The number of aromatic nitrogens is 1. The molecular weight excluding hydrogens is 280 g/mol. The topological polar surface area (TPSA) is 45.1 Å². The molecule has 0 unspecified atom stereocenters. The van der Waals surface area contributed by atoms with Crippen molar-refractivity contribution in [1.29, 1.82) is 0 Å². The largest absolute Gasteiger partial charge is 0.395 e. The number of aliphatic hydroxyl groups excluding tert-OH is 1. The first-order chi connectivity index (χ1) is 10.3. The summed E-state index contributed by atoms with van der Waals surface area (Å²) in [5.41, 5.74) is 3.59. The van der Waals surface area contributed by atoms with Gasteiger partial charge in [-0.2, -0.15) is 0 Å². The summed E-state index contributed by atoms with van der Waals surface area (Å²) in [6.45, 7) is 1.58. The fourth-order valence-electron chi connectivity index (χ4n) is 2.28. The number of nitrogens with one attached hydrogen (secondary N) is 1. The first-order valence-electron chi connectivity index (χ1n) is 7.09. The summed E-state index contributed by atoms with van der Waals surface area (Å²) < 4.78 is 1.23. The fourth-order valence-corrected chi connectivity index (χ4v) is 3.35. The Balaban J connectivity index is 1.76. The maximum Gasteiger partial charge on any atom is 0.0982 e. The van der Waals surface area contributed by atoms with E-state index < -0.39 is 0 Å². The Bertz CT molecular complexity index is 709. The van der Waals surface area contributed by atoms with E-state index in [4.69, 9.17) is 10.1 Å². The van der Waals surface area contributed by atoms with Crippen molar-refractivity contribution in [2.75, 3.05) is 13.2 Å². The average Bonchev–Trinajstić information content (AvgIpc) is 2.90. The van der Waals surface area contributed by atoms with E-state index in [9.17, 15) is 0 Å². The van der Waals surface area contributed by atoms with Crippen LogP contribution in [-0.2, 0) is 13.0 Å². The van der Waals surface area contributed by atoms with Gasteiger partial charge in [-0.25, -0.2) is 4.98 Å². The smallest absolute Gasteiger partial charge is 0.0982 e. The summed E-state index contributed by atoms with van der Waals surface area (Å²) in [5, 5.41) is 13.1. The van der Waals surface area contributed by atoms with E-state index in [0.29, 0.717) is 6.54 Å². The predicted octanol–water partition coefficient (Wildman–Crippen LogP) is 2.97. The number of nitrogens with zero attached hydrogens (tertiary/aromatic N) is 1. The van der Waals surface area contributed by atoms with Crippen LogP contribution >= 0.6 is 11.3 Å². The number of rotatable bonds is 6. The highest BCUT2D eigenvalue weighted by Gasteiger charge is 2.05. The second-order valence-electron chi connectivity index (χ2n) is 4.97. The molecule has 0 aliphatic rings. The molecule has 4 heteroatoms. The van der Waals surface area contributed by atoms with Crippen LogP contribution in [0.3, 0.4) is 0 Å². The molecule has 0 saturated heterocycles. The monoisotopic (exact) mass is 298 g/mol. The Kier molecular flexibility index (Phi) is 4.60. The van der Waals surface area contributed by atoms with Gasteiger partial charge in [0.05, 0.1) is 21.8 Å². The van der Waals surface area contributed by atoms with Crippen LogP contribution in [0.1, 0.15) is 16.1 Å². The minimum Gasteiger partial charge on any atom is -0.395 e. The Morgan fingerprint density at radius 2 is 1.90 bits per heavy atom. The van der Waals surface area contributed by atoms with Gasteiger partial charge in [0.25, 0.3) is 0 Å². The SMILES string of the molecule is OCCNCc1ccc2nc(Cc3ccccc3)sc2c1. The van der Waals surface area contributed by atoms with E-state index in [2.05, 4.69) is 47.8 Å². The van der Waals surface area contributed by atoms with Crippen LogP contribution in [0.5, 0.6) is 0 Å². The Morgan fingerprint density at radius 1 is 1.05 bits per heavy atom. The Hall–Kier alpha value is -1.75. The Labute approximate surface area is 128 Å². The molecule has 0 aliphatic heterocycles. The molecule has 21 heavy (non-hydrogen) atoms. The molecule has 3 aromatic rings. The summed E-state index contributed by atoms with van der Waals surface area (Å²) in [5.74, 6) is 0. The molecule has 0 aliphatic carbocycles. The molecule has 0 fully saturated rings. The first kappa shape index (κ1) is 14.2. The van der Waals surface area contributed by atoms with E-state index in [0.717, 1.165) is 23.5 Å². The van der Waals surface area contributed by atoms with Crippen LogP contribution in [0.2, 0.25) is 0 Å². The quantitative estimate of drug-likeness (QED) is 0.688. The van der Waals surface area contributed by atoms with E-state index in [1.54, 1.807) is 11.3 Å². The van der Waals surface area contributed by atoms with Gasteiger partial charge in [-0.1, -0.05) is 36.4 Å². The molecule has 2 aromatic carbocycles. The third kappa shape index (κ3) is 3.67. The standard InChI is InChI=1S/C17H18N2OS/c20-9-8-18-12-14-6-7-15-16(10-14)21-17(19-15)11-13-4-2-1-3-5-13/h1-7,10,18,20H,8-9,11-12H2. The van der Waals surface area contributed by atoms with Crippen LogP contribution < -0.4 is 5.32 Å². The molecule has 0 amide bonds. The van der Waals surface area contributed by atoms with Gasteiger partial charge in [0.2, 0.25) is 0 Å². The molecule has 0 radical (unpaired) electrons. The minimum absolute atomic E-state index is 0.171. The summed E-state index contributed by atoms with van der Waals surface area (Å²) in [6, 6.07) is 16.8. The molecule has 2 N–H and O–H groups in total. The Morgan fingerprint density at radius 3 is 2.71 bits per heavy atom. The van der Waals surface area contributed by atoms with Gasteiger partial charge in [0, 0.05) is 19.5 Å². The van der Waals surface area contributed by atoms with E-state index in [-0.39, 0.29) is 6.61 Å². The molecule has 108 valence electrons. The lowest BCUT2D eigenvalue weighted by Crippen LogP contribution is -2.17. The third-order valence-electron chi connectivity index (χ3n) is 3.31. The summed E-state index contributed by atoms with van der Waals surface area (Å²) in [7, 11) is 0. The number of fused-ring (bicyclic) bond motifs is 1. The highest BCUT2D eigenvalue weighted by atomic mass is 32.1. The van der Waals surface area contributed by atoms with Crippen molar-refractivity contribution in [3.8, 4) is 0 Å². The second-order valence-corrected chi connectivity index (χ2v) is 6.09. The number of aliphatic hydroxyl groups is 1. The zero-order chi connectivity index (χ0) is 14.5.